The molecule has 2 fully saturated rings. The molecule has 2 aromatic rings. The van der Waals surface area contributed by atoms with Crippen LogP contribution >= 0.6 is 0 Å². The van der Waals surface area contributed by atoms with Crippen LogP contribution in [-0.4, -0.2) is 58.7 Å². The summed E-state index contributed by atoms with van der Waals surface area (Å²) in [6, 6.07) is 9.19. The van der Waals surface area contributed by atoms with E-state index < -0.39 is 0 Å². The molecule has 2 unspecified atom stereocenters. The fourth-order valence-electron chi connectivity index (χ4n) is 4.62. The summed E-state index contributed by atoms with van der Waals surface area (Å²) in [6.45, 7) is 3.80. The average Bonchev–Trinajstić information content (AvgIpc) is 2.85. The number of hydrogen-bond donors (Lipinski definition) is 1. The Hall–Kier alpha value is -3.29. The zero-order chi connectivity index (χ0) is 23.4. The summed E-state index contributed by atoms with van der Waals surface area (Å²) in [5.74, 6) is -0.723. The molecular formula is C25H29FN4O3. The van der Waals surface area contributed by atoms with Gasteiger partial charge in [-0.1, -0.05) is 6.07 Å². The van der Waals surface area contributed by atoms with Gasteiger partial charge in [-0.15, -0.1) is 0 Å². The fourth-order valence-corrected chi connectivity index (χ4v) is 4.62. The van der Waals surface area contributed by atoms with E-state index in [1.165, 1.54) is 24.3 Å². The molecule has 1 N–H and O–H groups in total. The Morgan fingerprint density at radius 3 is 2.36 bits per heavy atom. The number of nitrogens with zero attached hydrogens (tertiary/aromatic N) is 3. The van der Waals surface area contributed by atoms with Crippen molar-refractivity contribution in [1.29, 1.82) is 0 Å². The van der Waals surface area contributed by atoms with E-state index in [-0.39, 0.29) is 35.4 Å². The highest BCUT2D eigenvalue weighted by Crippen LogP contribution is 2.25. The molecule has 4 rings (SSSR count). The van der Waals surface area contributed by atoms with Crippen molar-refractivity contribution in [2.45, 2.75) is 32.6 Å². The van der Waals surface area contributed by atoms with Crippen LogP contribution in [0.25, 0.3) is 0 Å². The number of piperidine rings is 2. The molecule has 33 heavy (non-hydrogen) atoms. The number of hydrogen-bond acceptors (Lipinski definition) is 4. The van der Waals surface area contributed by atoms with Crippen molar-refractivity contribution in [3.8, 4) is 0 Å². The van der Waals surface area contributed by atoms with Crippen molar-refractivity contribution < 1.29 is 18.8 Å². The summed E-state index contributed by atoms with van der Waals surface area (Å²) in [5, 5.41) is 2.90. The lowest BCUT2D eigenvalue weighted by Gasteiger charge is -2.38. The second-order valence-corrected chi connectivity index (χ2v) is 8.88. The first-order valence-electron chi connectivity index (χ1n) is 11.5. The van der Waals surface area contributed by atoms with E-state index in [0.29, 0.717) is 44.0 Å². The zero-order valence-corrected chi connectivity index (χ0v) is 18.8. The van der Waals surface area contributed by atoms with E-state index in [0.717, 1.165) is 24.8 Å². The smallest absolute Gasteiger partial charge is 0.253 e. The van der Waals surface area contributed by atoms with E-state index in [4.69, 9.17) is 0 Å². The number of likely N-dealkylation sites (tertiary alicyclic amines) is 2. The van der Waals surface area contributed by atoms with E-state index >= 15 is 0 Å². The van der Waals surface area contributed by atoms with Crippen molar-refractivity contribution in [2.75, 3.05) is 31.5 Å². The topological polar surface area (TPSA) is 82.6 Å². The van der Waals surface area contributed by atoms with Gasteiger partial charge in [0.1, 0.15) is 11.6 Å². The Labute approximate surface area is 193 Å². The Bertz CT molecular complexity index is 1030. The maximum absolute atomic E-state index is 13.3. The number of aryl methyl sites for hydroxylation is 1. The van der Waals surface area contributed by atoms with E-state index in [1.807, 2.05) is 19.1 Å². The number of carbonyl (C=O) groups is 3. The third-order valence-electron chi connectivity index (χ3n) is 6.50. The van der Waals surface area contributed by atoms with Crippen LogP contribution in [0.1, 0.15) is 41.6 Å². The van der Waals surface area contributed by atoms with Crippen LogP contribution in [0, 0.1) is 24.6 Å². The van der Waals surface area contributed by atoms with Crippen LogP contribution in [-0.2, 0) is 9.59 Å². The zero-order valence-electron chi connectivity index (χ0n) is 18.8. The first-order valence-corrected chi connectivity index (χ1v) is 11.5. The lowest BCUT2D eigenvalue weighted by Crippen LogP contribution is -2.50. The normalized spacial score (nSPS) is 20.9. The third kappa shape index (κ3) is 5.38. The predicted octanol–water partition coefficient (Wildman–Crippen LogP) is 3.26. The van der Waals surface area contributed by atoms with Crippen molar-refractivity contribution in [3.63, 3.8) is 0 Å². The number of aromatic nitrogens is 1. The number of nitrogens with one attached hydrogen (secondary N) is 1. The number of benzene rings is 1. The predicted molar refractivity (Wildman–Crippen MR) is 122 cm³/mol. The van der Waals surface area contributed by atoms with Gasteiger partial charge in [0.05, 0.1) is 11.8 Å². The minimum atomic E-state index is -0.389. The van der Waals surface area contributed by atoms with Gasteiger partial charge in [-0.05, 0) is 68.5 Å². The summed E-state index contributed by atoms with van der Waals surface area (Å²) in [5.41, 5.74) is 1.31. The van der Waals surface area contributed by atoms with Gasteiger partial charge in [-0.2, -0.15) is 0 Å². The largest absolute Gasteiger partial charge is 0.342 e. The molecule has 2 atom stereocenters. The van der Waals surface area contributed by atoms with Crippen LogP contribution in [0.3, 0.4) is 0 Å². The minimum Gasteiger partial charge on any atom is -0.342 e. The maximum atomic E-state index is 13.3. The Balaban J connectivity index is 1.36. The highest BCUT2D eigenvalue weighted by molar-refractivity contribution is 5.95. The number of carbonyl (C=O) groups excluding carboxylic acids is 3. The summed E-state index contributed by atoms with van der Waals surface area (Å²) in [6.07, 6.45) is 4.57. The first-order chi connectivity index (χ1) is 15.9. The quantitative estimate of drug-likeness (QED) is 0.772. The first kappa shape index (κ1) is 22.9. The van der Waals surface area contributed by atoms with Crippen LogP contribution in [0.4, 0.5) is 10.2 Å². The molecule has 3 amide bonds. The molecule has 0 radical (unpaired) electrons. The van der Waals surface area contributed by atoms with E-state index in [1.54, 1.807) is 16.0 Å². The summed E-state index contributed by atoms with van der Waals surface area (Å²) in [7, 11) is 0. The molecule has 1 aromatic heterocycles. The fraction of sp³-hybridized carbons (Fsp3) is 0.440. The van der Waals surface area contributed by atoms with Crippen molar-refractivity contribution in [2.24, 2.45) is 11.8 Å². The molecule has 8 heteroatoms. The Kier molecular flexibility index (Phi) is 7.01. The summed E-state index contributed by atoms with van der Waals surface area (Å²) < 4.78 is 13.2. The number of halogens is 1. The molecular weight excluding hydrogens is 423 g/mol. The van der Waals surface area contributed by atoms with Gasteiger partial charge in [0.15, 0.2) is 0 Å². The molecule has 0 saturated carbocycles. The van der Waals surface area contributed by atoms with E-state index in [9.17, 15) is 18.8 Å². The van der Waals surface area contributed by atoms with Crippen LogP contribution < -0.4 is 5.32 Å². The van der Waals surface area contributed by atoms with Gasteiger partial charge >= 0.3 is 0 Å². The molecule has 0 aliphatic carbocycles. The molecule has 3 heterocycles. The van der Waals surface area contributed by atoms with Crippen molar-refractivity contribution >= 4 is 23.5 Å². The molecule has 1 aromatic carbocycles. The monoisotopic (exact) mass is 452 g/mol. The van der Waals surface area contributed by atoms with Crippen molar-refractivity contribution in [3.05, 3.63) is 59.5 Å². The third-order valence-corrected chi connectivity index (χ3v) is 6.50. The summed E-state index contributed by atoms with van der Waals surface area (Å²) in [4.78, 5) is 46.6. The van der Waals surface area contributed by atoms with Crippen LogP contribution in [0.2, 0.25) is 0 Å². The van der Waals surface area contributed by atoms with Gasteiger partial charge < -0.3 is 15.1 Å². The highest BCUT2D eigenvalue weighted by atomic mass is 19.1. The molecule has 174 valence electrons. The molecule has 2 aliphatic rings. The number of anilines is 1. The minimum absolute atomic E-state index is 0.00174. The lowest BCUT2D eigenvalue weighted by atomic mass is 9.92. The molecule has 7 nitrogen and oxygen atoms in total. The molecule has 0 spiro atoms. The van der Waals surface area contributed by atoms with Gasteiger partial charge in [-0.25, -0.2) is 9.37 Å². The second kappa shape index (κ2) is 10.1. The summed E-state index contributed by atoms with van der Waals surface area (Å²) >= 11 is 0. The molecule has 2 saturated heterocycles. The molecule has 2 aliphatic heterocycles. The second-order valence-electron chi connectivity index (χ2n) is 8.88. The Morgan fingerprint density at radius 1 is 0.970 bits per heavy atom. The van der Waals surface area contributed by atoms with Gasteiger partial charge in [-0.3, -0.25) is 14.4 Å². The molecule has 0 bridgehead atoms. The van der Waals surface area contributed by atoms with Gasteiger partial charge in [0, 0.05) is 37.9 Å². The maximum Gasteiger partial charge on any atom is 0.253 e. The van der Waals surface area contributed by atoms with Gasteiger partial charge in [0.2, 0.25) is 11.8 Å². The van der Waals surface area contributed by atoms with Crippen molar-refractivity contribution in [1.82, 2.24) is 14.8 Å². The number of amides is 3. The Morgan fingerprint density at radius 2 is 1.64 bits per heavy atom. The highest BCUT2D eigenvalue weighted by Gasteiger charge is 2.35. The van der Waals surface area contributed by atoms with Crippen LogP contribution in [0.5, 0.6) is 0 Å². The number of pyridine rings is 1. The SMILES string of the molecule is Cc1cccnc1NC(=O)C1CCCN(C(=O)C2CCCN(C(=O)c3ccc(F)cc3)C2)C1. The van der Waals surface area contributed by atoms with Gasteiger partial charge in [0.25, 0.3) is 5.91 Å². The van der Waals surface area contributed by atoms with E-state index in [2.05, 4.69) is 10.3 Å². The van der Waals surface area contributed by atoms with Crippen LogP contribution in [0.15, 0.2) is 42.6 Å². The number of rotatable bonds is 4. The average molecular weight is 453 g/mol. The standard InChI is InChI=1S/C25H29FN4O3/c1-17-5-2-12-27-22(17)28-23(31)19-6-3-13-29(15-19)25(33)20-7-4-14-30(16-20)24(32)18-8-10-21(26)11-9-18/h2,5,8-12,19-20H,3-4,6-7,13-16H2,1H3,(H,27,28,31). The lowest BCUT2D eigenvalue weighted by molar-refractivity contribution is -0.139.